The quantitative estimate of drug-likeness (QED) is 0.166. The topological polar surface area (TPSA) is 228 Å². The van der Waals surface area contributed by atoms with Crippen LogP contribution in [0, 0.1) is 0 Å². The molecule has 0 rings (SSSR count). The zero-order valence-corrected chi connectivity index (χ0v) is 15.0. The summed E-state index contributed by atoms with van der Waals surface area (Å²) in [6.45, 7) is -2.74. The van der Waals surface area contributed by atoms with Gasteiger partial charge < -0.3 is 31.0 Å². The largest absolute Gasteiger partial charge is 0.480 e. The summed E-state index contributed by atoms with van der Waals surface area (Å²) in [6, 6.07) is 0. The predicted octanol–water partition coefficient (Wildman–Crippen LogP) is -3.51. The molecule has 7 N–H and O–H groups in total. The molecule has 0 spiro atoms. The van der Waals surface area contributed by atoms with Gasteiger partial charge in [-0.3, -0.25) is 38.7 Å². The molecule has 0 atom stereocenters. The van der Waals surface area contributed by atoms with E-state index in [9.17, 15) is 24.0 Å². The van der Waals surface area contributed by atoms with Gasteiger partial charge in [0, 0.05) is 26.2 Å². The SMILES string of the molecule is O.O=C(O)CN(CCN(CC(=O)O)CC(=O)O)CCN(CC(=O)O)CC(=O)O. The highest BCUT2D eigenvalue weighted by Crippen LogP contribution is 1.97. The third kappa shape index (κ3) is 15.4. The molecular weight excluding hydrogens is 386 g/mol. The fraction of sp³-hybridized carbons (Fsp3) is 0.643. The van der Waals surface area contributed by atoms with Crippen LogP contribution in [0.4, 0.5) is 0 Å². The number of carboxylic acid groups (broad SMARTS) is 5. The Kier molecular flexibility index (Phi) is 14.0. The first-order chi connectivity index (χ1) is 12.5. The van der Waals surface area contributed by atoms with Crippen LogP contribution in [0.2, 0.25) is 0 Å². The van der Waals surface area contributed by atoms with Gasteiger partial charge in [-0.25, -0.2) is 0 Å². The molecule has 0 aliphatic rings. The molecule has 0 aliphatic heterocycles. The number of aliphatic carboxylic acids is 5. The van der Waals surface area contributed by atoms with Crippen LogP contribution < -0.4 is 0 Å². The van der Waals surface area contributed by atoms with E-state index in [1.54, 1.807) is 0 Å². The van der Waals surface area contributed by atoms with Crippen molar-refractivity contribution in [2.45, 2.75) is 0 Å². The van der Waals surface area contributed by atoms with Crippen molar-refractivity contribution in [1.29, 1.82) is 0 Å². The maximum atomic E-state index is 11.0. The minimum atomic E-state index is -1.24. The molecule has 0 amide bonds. The van der Waals surface area contributed by atoms with E-state index in [2.05, 4.69) is 0 Å². The minimum absolute atomic E-state index is 0. The van der Waals surface area contributed by atoms with Gasteiger partial charge >= 0.3 is 29.8 Å². The Bertz CT molecular complexity index is 483. The molecule has 28 heavy (non-hydrogen) atoms. The number of carbonyl (C=O) groups is 5. The zero-order valence-electron chi connectivity index (χ0n) is 15.0. The van der Waals surface area contributed by atoms with Crippen LogP contribution in [0.15, 0.2) is 0 Å². The summed E-state index contributed by atoms with van der Waals surface area (Å²) >= 11 is 0. The predicted molar refractivity (Wildman–Crippen MR) is 91.1 cm³/mol. The van der Waals surface area contributed by atoms with Crippen LogP contribution in [-0.4, -0.2) is 134 Å². The number of carboxylic acids is 5. The van der Waals surface area contributed by atoms with Crippen molar-refractivity contribution >= 4 is 29.8 Å². The highest BCUT2D eigenvalue weighted by atomic mass is 16.4. The Morgan fingerprint density at radius 1 is 0.429 bits per heavy atom. The molecule has 14 nitrogen and oxygen atoms in total. The summed E-state index contributed by atoms with van der Waals surface area (Å²) in [6.07, 6.45) is 0. The van der Waals surface area contributed by atoms with E-state index in [1.807, 2.05) is 0 Å². The van der Waals surface area contributed by atoms with E-state index in [0.717, 1.165) is 9.80 Å². The average molecular weight is 411 g/mol. The van der Waals surface area contributed by atoms with Crippen LogP contribution in [0.1, 0.15) is 0 Å². The third-order valence-electron chi connectivity index (χ3n) is 3.26. The molecule has 0 heterocycles. The van der Waals surface area contributed by atoms with Gasteiger partial charge in [0.15, 0.2) is 0 Å². The fourth-order valence-electron chi connectivity index (χ4n) is 2.22. The summed E-state index contributed by atoms with van der Waals surface area (Å²) in [4.78, 5) is 57.6. The van der Waals surface area contributed by atoms with Gasteiger partial charge in [-0.05, 0) is 0 Å². The second-order valence-electron chi connectivity index (χ2n) is 5.67. The van der Waals surface area contributed by atoms with Crippen molar-refractivity contribution in [3.05, 3.63) is 0 Å². The van der Waals surface area contributed by atoms with Crippen LogP contribution in [0.3, 0.4) is 0 Å². The van der Waals surface area contributed by atoms with Gasteiger partial charge in [0.05, 0.1) is 32.7 Å². The van der Waals surface area contributed by atoms with Gasteiger partial charge in [-0.1, -0.05) is 0 Å². The van der Waals surface area contributed by atoms with Crippen molar-refractivity contribution in [3.8, 4) is 0 Å². The molecule has 0 radical (unpaired) electrons. The van der Waals surface area contributed by atoms with Crippen LogP contribution in [0.5, 0.6) is 0 Å². The summed E-state index contributed by atoms with van der Waals surface area (Å²) in [5.41, 5.74) is 0. The number of hydrogen-bond donors (Lipinski definition) is 5. The van der Waals surface area contributed by atoms with E-state index in [0.29, 0.717) is 0 Å². The molecule has 0 aliphatic carbocycles. The highest BCUT2D eigenvalue weighted by molar-refractivity contribution is 5.73. The van der Waals surface area contributed by atoms with E-state index in [4.69, 9.17) is 25.5 Å². The van der Waals surface area contributed by atoms with Crippen molar-refractivity contribution in [1.82, 2.24) is 14.7 Å². The summed E-state index contributed by atoms with van der Waals surface area (Å²) < 4.78 is 0. The van der Waals surface area contributed by atoms with Crippen LogP contribution in [0.25, 0.3) is 0 Å². The molecule has 0 fully saturated rings. The molecule has 0 unspecified atom stereocenters. The molecule has 0 bridgehead atoms. The van der Waals surface area contributed by atoms with Gasteiger partial charge in [0.25, 0.3) is 0 Å². The summed E-state index contributed by atoms with van der Waals surface area (Å²) in [5.74, 6) is -6.16. The van der Waals surface area contributed by atoms with Crippen LogP contribution >= 0.6 is 0 Å². The Morgan fingerprint density at radius 3 is 0.821 bits per heavy atom. The highest BCUT2D eigenvalue weighted by Gasteiger charge is 2.19. The average Bonchev–Trinajstić information content (AvgIpc) is 2.46. The van der Waals surface area contributed by atoms with Crippen LogP contribution in [-0.2, 0) is 24.0 Å². The summed E-state index contributed by atoms with van der Waals surface area (Å²) in [5, 5.41) is 44.1. The Labute approximate surface area is 159 Å². The lowest BCUT2D eigenvalue weighted by Crippen LogP contribution is -2.45. The molecule has 0 saturated heterocycles. The van der Waals surface area contributed by atoms with E-state index in [-0.39, 0.29) is 31.7 Å². The summed E-state index contributed by atoms with van der Waals surface area (Å²) in [7, 11) is 0. The Morgan fingerprint density at radius 2 is 0.607 bits per heavy atom. The number of nitrogens with zero attached hydrogens (tertiary/aromatic N) is 3. The third-order valence-corrected chi connectivity index (χ3v) is 3.26. The molecule has 162 valence electrons. The standard InChI is InChI=1S/C14H23N3O10.H2O/c18-10(19)5-15(1-3-16(6-11(20)21)7-12(22)23)2-4-17(8-13(24)25)9-14(26)27;/h1-9H2,(H,18,19)(H,20,21)(H,22,23)(H,24,25)(H,26,27);1H2. The Balaban J connectivity index is 0. The van der Waals surface area contributed by atoms with E-state index in [1.165, 1.54) is 4.90 Å². The second-order valence-corrected chi connectivity index (χ2v) is 5.67. The maximum absolute atomic E-state index is 11.0. The molecule has 0 aromatic carbocycles. The Hall–Kier alpha value is -2.81. The van der Waals surface area contributed by atoms with Crippen molar-refractivity contribution < 1.29 is 55.0 Å². The second kappa shape index (κ2) is 14.3. The lowest BCUT2D eigenvalue weighted by Gasteiger charge is -2.27. The van der Waals surface area contributed by atoms with Crippen molar-refractivity contribution in [3.63, 3.8) is 0 Å². The molecule has 0 aromatic rings. The van der Waals surface area contributed by atoms with Crippen molar-refractivity contribution in [2.75, 3.05) is 58.9 Å². The molecular formula is C14H25N3O11. The van der Waals surface area contributed by atoms with Crippen molar-refractivity contribution in [2.24, 2.45) is 0 Å². The van der Waals surface area contributed by atoms with Gasteiger partial charge in [0.1, 0.15) is 0 Å². The lowest BCUT2D eigenvalue weighted by molar-refractivity contribution is -0.143. The molecule has 0 aromatic heterocycles. The molecule has 0 saturated carbocycles. The molecule has 14 heteroatoms. The van der Waals surface area contributed by atoms with Gasteiger partial charge in [0.2, 0.25) is 0 Å². The van der Waals surface area contributed by atoms with Gasteiger partial charge in [-0.15, -0.1) is 0 Å². The first kappa shape index (κ1) is 27.4. The zero-order chi connectivity index (χ0) is 21.0. The number of rotatable bonds is 16. The monoisotopic (exact) mass is 411 g/mol. The number of hydrogen-bond acceptors (Lipinski definition) is 8. The first-order valence-electron chi connectivity index (χ1n) is 7.75. The lowest BCUT2D eigenvalue weighted by atomic mass is 10.3. The van der Waals surface area contributed by atoms with E-state index >= 15 is 0 Å². The smallest absolute Gasteiger partial charge is 0.317 e. The van der Waals surface area contributed by atoms with Gasteiger partial charge in [-0.2, -0.15) is 0 Å². The first-order valence-corrected chi connectivity index (χ1v) is 7.75. The maximum Gasteiger partial charge on any atom is 0.317 e. The van der Waals surface area contributed by atoms with E-state index < -0.39 is 62.6 Å². The fourth-order valence-corrected chi connectivity index (χ4v) is 2.22. The normalized spacial score (nSPS) is 10.7. The minimum Gasteiger partial charge on any atom is -0.480 e.